The largest absolute Gasteiger partial charge is 0.481 e. The summed E-state index contributed by atoms with van der Waals surface area (Å²) in [6.45, 7) is 1.94. The van der Waals surface area contributed by atoms with Gasteiger partial charge in [0.1, 0.15) is 0 Å². The third-order valence-corrected chi connectivity index (χ3v) is 8.59. The molecule has 1 aromatic carbocycles. The lowest BCUT2D eigenvalue weighted by atomic mass is 10.1. The molecule has 2 heterocycles. The first-order valence-electron chi connectivity index (χ1n) is 8.42. The number of thioether (sulfide) groups is 1. The van der Waals surface area contributed by atoms with Crippen LogP contribution < -0.4 is 4.90 Å². The van der Waals surface area contributed by atoms with Gasteiger partial charge in [-0.15, -0.1) is 0 Å². The summed E-state index contributed by atoms with van der Waals surface area (Å²) in [4.78, 5) is 28.8. The molecule has 1 aromatic rings. The molecule has 1 N–H and O–H groups in total. The average Bonchev–Trinajstić information content (AvgIpc) is 3.00. The van der Waals surface area contributed by atoms with Gasteiger partial charge >= 0.3 is 5.97 Å². The van der Waals surface area contributed by atoms with Gasteiger partial charge in [-0.1, -0.05) is 27.7 Å². The Kier molecular flexibility index (Phi) is 5.97. The van der Waals surface area contributed by atoms with E-state index in [1.165, 1.54) is 11.8 Å². The molecule has 27 heavy (non-hydrogen) atoms. The van der Waals surface area contributed by atoms with Crippen LogP contribution in [0.15, 0.2) is 27.7 Å². The van der Waals surface area contributed by atoms with Crippen LogP contribution in [0.4, 0.5) is 5.69 Å². The van der Waals surface area contributed by atoms with Crippen molar-refractivity contribution >= 4 is 60.3 Å². The molecule has 2 saturated heterocycles. The lowest BCUT2D eigenvalue weighted by molar-refractivity contribution is -0.137. The van der Waals surface area contributed by atoms with E-state index >= 15 is 0 Å². The number of carbonyl (C=O) groups excluding carboxylic acids is 1. The highest BCUT2D eigenvalue weighted by Crippen LogP contribution is 2.41. The minimum atomic E-state index is -3.12. The van der Waals surface area contributed by atoms with E-state index < -0.39 is 15.8 Å². The maximum atomic E-state index is 12.2. The quantitative estimate of drug-likeness (QED) is 0.698. The highest BCUT2D eigenvalue weighted by atomic mass is 79.9. The van der Waals surface area contributed by atoms with Crippen LogP contribution in [0.1, 0.15) is 24.8 Å². The molecule has 146 valence electrons. The zero-order chi connectivity index (χ0) is 19.8. The number of hydrogen-bond acceptors (Lipinski definition) is 5. The third kappa shape index (κ3) is 4.72. The first-order valence-corrected chi connectivity index (χ1v) is 11.9. The Morgan fingerprint density at radius 2 is 2.07 bits per heavy atom. The Morgan fingerprint density at radius 1 is 1.33 bits per heavy atom. The second kappa shape index (κ2) is 7.92. The van der Waals surface area contributed by atoms with E-state index in [9.17, 15) is 18.0 Å². The number of carbonyl (C=O) groups is 2. The second-order valence-electron chi connectivity index (χ2n) is 6.64. The van der Waals surface area contributed by atoms with Crippen molar-refractivity contribution in [2.75, 3.05) is 16.4 Å². The van der Waals surface area contributed by atoms with E-state index in [1.54, 1.807) is 0 Å². The predicted molar refractivity (Wildman–Crippen MR) is 109 cm³/mol. The van der Waals surface area contributed by atoms with Crippen LogP contribution in [0.25, 0.3) is 0 Å². The summed E-state index contributed by atoms with van der Waals surface area (Å²) in [5.41, 5.74) is 1.79. The van der Waals surface area contributed by atoms with Crippen LogP contribution in [0.3, 0.4) is 0 Å². The molecule has 7 nitrogen and oxygen atoms in total. The number of amidine groups is 1. The fraction of sp³-hybridized carbons (Fsp3) is 0.471. The van der Waals surface area contributed by atoms with Crippen LogP contribution in [-0.2, 0) is 19.4 Å². The summed E-state index contributed by atoms with van der Waals surface area (Å²) in [7, 11) is -3.12. The molecule has 0 saturated carbocycles. The van der Waals surface area contributed by atoms with Gasteiger partial charge in [0.2, 0.25) is 5.91 Å². The second-order valence-corrected chi connectivity index (χ2v) is 10.9. The first-order chi connectivity index (χ1) is 12.7. The molecular weight excluding hydrogens is 456 g/mol. The summed E-state index contributed by atoms with van der Waals surface area (Å²) in [6.07, 6.45) is 0.203. The van der Waals surface area contributed by atoms with Crippen LogP contribution in [0.2, 0.25) is 0 Å². The van der Waals surface area contributed by atoms with Crippen LogP contribution >= 0.6 is 27.7 Å². The van der Waals surface area contributed by atoms with Gasteiger partial charge in [-0.3, -0.25) is 9.59 Å². The van der Waals surface area contributed by atoms with Crippen molar-refractivity contribution in [3.05, 3.63) is 28.2 Å². The minimum Gasteiger partial charge on any atom is -0.481 e. The molecule has 2 aliphatic rings. The Balaban J connectivity index is 1.88. The molecule has 2 fully saturated rings. The smallest absolute Gasteiger partial charge is 0.303 e. The molecule has 2 aliphatic heterocycles. The van der Waals surface area contributed by atoms with Gasteiger partial charge in [-0.2, -0.15) is 4.99 Å². The average molecular weight is 475 g/mol. The van der Waals surface area contributed by atoms with Crippen LogP contribution in [-0.4, -0.2) is 53.4 Å². The van der Waals surface area contributed by atoms with Crippen molar-refractivity contribution in [3.63, 3.8) is 0 Å². The molecule has 2 unspecified atom stereocenters. The van der Waals surface area contributed by atoms with Gasteiger partial charge in [0.25, 0.3) is 0 Å². The minimum absolute atomic E-state index is 0.0337. The number of aliphatic carboxylic acids is 1. The third-order valence-electron chi connectivity index (χ3n) is 4.49. The molecule has 0 radical (unpaired) electrons. The molecular formula is C17H19BrN2O5S2. The van der Waals surface area contributed by atoms with Crippen LogP contribution in [0, 0.1) is 6.92 Å². The number of aryl methyl sites for hydroxylation is 1. The van der Waals surface area contributed by atoms with Gasteiger partial charge in [-0.05, 0) is 37.1 Å². The molecule has 3 rings (SSSR count). The van der Waals surface area contributed by atoms with Crippen molar-refractivity contribution in [2.24, 2.45) is 4.99 Å². The number of sulfone groups is 1. The normalized spacial score (nSPS) is 25.0. The number of nitrogens with zero attached hydrogens (tertiary/aromatic N) is 2. The molecule has 0 aromatic heterocycles. The Labute approximate surface area is 170 Å². The number of halogens is 1. The number of aliphatic imine (C=N–C) groups is 1. The van der Waals surface area contributed by atoms with Gasteiger partial charge in [0.15, 0.2) is 15.0 Å². The number of rotatable bonds is 5. The van der Waals surface area contributed by atoms with Crippen molar-refractivity contribution in [1.82, 2.24) is 0 Å². The zero-order valence-electron chi connectivity index (χ0n) is 14.6. The van der Waals surface area contributed by atoms with Gasteiger partial charge in [-0.25, -0.2) is 8.42 Å². The van der Waals surface area contributed by atoms with Crippen LogP contribution in [0.5, 0.6) is 0 Å². The topological polar surface area (TPSA) is 104 Å². The Morgan fingerprint density at radius 3 is 2.74 bits per heavy atom. The van der Waals surface area contributed by atoms with Gasteiger partial charge < -0.3 is 10.0 Å². The SMILES string of the molecule is Cc1cc(N2C(=NC(=O)CCCC(=O)O)SC3CS(=O)(=O)CC32)ccc1Br. The highest BCUT2D eigenvalue weighted by Gasteiger charge is 2.49. The molecule has 2 atom stereocenters. The number of hydrogen-bond donors (Lipinski definition) is 1. The standard InChI is InChI=1S/C17H19BrN2O5S2/c1-10-7-11(5-6-12(10)18)20-13-8-27(24,25)9-14(13)26-17(20)19-15(21)3-2-4-16(22)23/h5-7,13-14H,2-4,8-9H2,1H3,(H,22,23). The number of fused-ring (bicyclic) bond motifs is 1. The Bertz CT molecular complexity index is 916. The molecule has 10 heteroatoms. The van der Waals surface area contributed by atoms with E-state index in [-0.39, 0.29) is 48.0 Å². The number of benzene rings is 1. The molecule has 0 bridgehead atoms. The van der Waals surface area contributed by atoms with E-state index in [0.717, 1.165) is 15.7 Å². The fourth-order valence-electron chi connectivity index (χ4n) is 3.20. The van der Waals surface area contributed by atoms with Crippen molar-refractivity contribution in [1.29, 1.82) is 0 Å². The van der Waals surface area contributed by atoms with Crippen molar-refractivity contribution in [2.45, 2.75) is 37.5 Å². The lowest BCUT2D eigenvalue weighted by Gasteiger charge is -2.25. The summed E-state index contributed by atoms with van der Waals surface area (Å²) < 4.78 is 25.1. The van der Waals surface area contributed by atoms with E-state index in [0.29, 0.717) is 5.17 Å². The summed E-state index contributed by atoms with van der Waals surface area (Å²) >= 11 is 4.77. The first kappa shape index (κ1) is 20.3. The monoisotopic (exact) mass is 474 g/mol. The number of amides is 1. The van der Waals surface area contributed by atoms with E-state index in [2.05, 4.69) is 20.9 Å². The molecule has 1 amide bonds. The summed E-state index contributed by atoms with van der Waals surface area (Å²) in [5, 5.41) is 9.01. The predicted octanol–water partition coefficient (Wildman–Crippen LogP) is 2.61. The Hall–Kier alpha value is -1.39. The van der Waals surface area contributed by atoms with Crippen molar-refractivity contribution < 1.29 is 23.1 Å². The van der Waals surface area contributed by atoms with Gasteiger partial charge in [0.05, 0.1) is 17.5 Å². The lowest BCUT2D eigenvalue weighted by Crippen LogP contribution is -2.37. The summed E-state index contributed by atoms with van der Waals surface area (Å²) in [6, 6.07) is 5.43. The van der Waals surface area contributed by atoms with Gasteiger partial charge in [0, 0.05) is 28.3 Å². The fourth-order valence-corrected chi connectivity index (χ4v) is 7.38. The number of carboxylic acids is 1. The number of anilines is 1. The number of carboxylic acid groups (broad SMARTS) is 1. The highest BCUT2D eigenvalue weighted by molar-refractivity contribution is 9.10. The zero-order valence-corrected chi connectivity index (χ0v) is 17.8. The molecule has 0 spiro atoms. The van der Waals surface area contributed by atoms with E-state index in [4.69, 9.17) is 5.11 Å². The van der Waals surface area contributed by atoms with E-state index in [1.807, 2.05) is 30.0 Å². The molecule has 0 aliphatic carbocycles. The summed E-state index contributed by atoms with van der Waals surface area (Å²) in [5.74, 6) is -1.23. The van der Waals surface area contributed by atoms with Crippen molar-refractivity contribution in [3.8, 4) is 0 Å². The maximum Gasteiger partial charge on any atom is 0.303 e. The maximum absolute atomic E-state index is 12.2.